The van der Waals surface area contributed by atoms with Gasteiger partial charge in [-0.3, -0.25) is 4.79 Å². The molecule has 18 heavy (non-hydrogen) atoms. The van der Waals surface area contributed by atoms with Crippen LogP contribution >= 0.6 is 0 Å². The molecule has 1 aromatic rings. The maximum atomic E-state index is 12.0. The Labute approximate surface area is 105 Å². The lowest BCUT2D eigenvalue weighted by molar-refractivity contribution is 0.0687. The smallest absolute Gasteiger partial charge is 0.251 e. The Bertz CT molecular complexity index is 459. The largest absolute Gasteiger partial charge is 0.454 e. The van der Waals surface area contributed by atoms with E-state index in [9.17, 15) is 4.79 Å². The Morgan fingerprint density at radius 3 is 2.89 bits per heavy atom. The zero-order valence-electron chi connectivity index (χ0n) is 10.4. The molecule has 0 aliphatic carbocycles. The summed E-state index contributed by atoms with van der Waals surface area (Å²) in [6.07, 6.45) is 0. The monoisotopic (exact) mass is 252 g/mol. The summed E-state index contributed by atoms with van der Waals surface area (Å²) < 4.78 is 10.4. The van der Waals surface area contributed by atoms with Crippen molar-refractivity contribution in [3.8, 4) is 11.5 Å². The molecular formula is C12H16N2O4. The Kier molecular flexibility index (Phi) is 3.40. The molecule has 0 saturated carbocycles. The van der Waals surface area contributed by atoms with Gasteiger partial charge in [0.05, 0.1) is 12.1 Å². The van der Waals surface area contributed by atoms with Crippen LogP contribution in [0.1, 0.15) is 24.2 Å². The van der Waals surface area contributed by atoms with Gasteiger partial charge in [0.25, 0.3) is 5.91 Å². The summed E-state index contributed by atoms with van der Waals surface area (Å²) in [5.41, 5.74) is -0.0355. The molecule has 1 aliphatic rings. The molecule has 0 spiro atoms. The number of amides is 1. The summed E-state index contributed by atoms with van der Waals surface area (Å²) in [4.78, 5) is 16.6. The van der Waals surface area contributed by atoms with Crippen molar-refractivity contribution in [2.75, 3.05) is 13.4 Å². The first kappa shape index (κ1) is 12.7. The van der Waals surface area contributed by atoms with Gasteiger partial charge >= 0.3 is 0 Å². The number of hydrogen-bond donors (Lipinski definition) is 2. The zero-order chi connectivity index (χ0) is 13.2. The van der Waals surface area contributed by atoms with E-state index in [4.69, 9.17) is 15.4 Å². The number of fused-ring (bicyclic) bond motifs is 1. The average molecular weight is 252 g/mol. The van der Waals surface area contributed by atoms with Crippen LogP contribution in [0, 0.1) is 0 Å². The van der Waals surface area contributed by atoms with Crippen LogP contribution in [0.3, 0.4) is 0 Å². The Morgan fingerprint density at radius 2 is 2.17 bits per heavy atom. The lowest BCUT2D eigenvalue weighted by Crippen LogP contribution is -2.47. The molecule has 6 heteroatoms. The van der Waals surface area contributed by atoms with E-state index in [1.165, 1.54) is 0 Å². The first-order valence-corrected chi connectivity index (χ1v) is 5.56. The van der Waals surface area contributed by atoms with E-state index in [0.717, 1.165) is 0 Å². The van der Waals surface area contributed by atoms with Crippen LogP contribution in [0.25, 0.3) is 0 Å². The maximum absolute atomic E-state index is 12.0. The second-order valence-corrected chi connectivity index (χ2v) is 4.72. The van der Waals surface area contributed by atoms with Gasteiger partial charge in [0, 0.05) is 5.56 Å². The number of hydrogen-bond acceptors (Lipinski definition) is 5. The molecule has 1 aliphatic heterocycles. The number of ether oxygens (including phenoxy) is 2. The minimum absolute atomic E-state index is 0.187. The molecular weight excluding hydrogens is 236 g/mol. The van der Waals surface area contributed by atoms with Gasteiger partial charge in [-0.15, -0.1) is 0 Å². The van der Waals surface area contributed by atoms with Gasteiger partial charge in [-0.1, -0.05) is 0 Å². The van der Waals surface area contributed by atoms with Crippen molar-refractivity contribution in [3.05, 3.63) is 23.8 Å². The quantitative estimate of drug-likeness (QED) is 0.775. The van der Waals surface area contributed by atoms with Crippen molar-refractivity contribution < 1.29 is 19.1 Å². The minimum atomic E-state index is -0.539. The van der Waals surface area contributed by atoms with Crippen molar-refractivity contribution in [3.63, 3.8) is 0 Å². The van der Waals surface area contributed by atoms with Crippen LogP contribution < -0.4 is 20.7 Å². The van der Waals surface area contributed by atoms with E-state index in [1.54, 1.807) is 18.2 Å². The second-order valence-electron chi connectivity index (χ2n) is 4.72. The van der Waals surface area contributed by atoms with Crippen LogP contribution in [0.5, 0.6) is 11.5 Å². The van der Waals surface area contributed by atoms with Gasteiger partial charge in [-0.2, -0.15) is 0 Å². The maximum Gasteiger partial charge on any atom is 0.251 e. The third-order valence-corrected chi connectivity index (χ3v) is 2.53. The molecule has 0 bridgehead atoms. The highest BCUT2D eigenvalue weighted by molar-refractivity contribution is 5.95. The van der Waals surface area contributed by atoms with Crippen molar-refractivity contribution in [1.29, 1.82) is 0 Å². The number of carbonyl (C=O) groups is 1. The van der Waals surface area contributed by atoms with Gasteiger partial charge in [0.2, 0.25) is 6.79 Å². The highest BCUT2D eigenvalue weighted by Gasteiger charge is 2.23. The summed E-state index contributed by atoms with van der Waals surface area (Å²) in [5.74, 6) is 6.03. The highest BCUT2D eigenvalue weighted by Crippen LogP contribution is 2.32. The number of nitrogens with one attached hydrogen (secondary N) is 1. The van der Waals surface area contributed by atoms with Gasteiger partial charge in [0.15, 0.2) is 11.5 Å². The molecule has 1 aromatic carbocycles. The number of nitrogens with two attached hydrogens (primary N) is 1. The van der Waals surface area contributed by atoms with Crippen LogP contribution in [0.4, 0.5) is 0 Å². The van der Waals surface area contributed by atoms with Crippen molar-refractivity contribution in [1.82, 2.24) is 5.32 Å². The normalized spacial score (nSPS) is 13.5. The molecule has 1 heterocycles. The van der Waals surface area contributed by atoms with Crippen molar-refractivity contribution >= 4 is 5.91 Å². The van der Waals surface area contributed by atoms with Gasteiger partial charge in [-0.25, -0.2) is 5.90 Å². The molecule has 98 valence electrons. The van der Waals surface area contributed by atoms with Crippen LogP contribution in [0.2, 0.25) is 0 Å². The lowest BCUT2D eigenvalue weighted by atomic mass is 10.1. The lowest BCUT2D eigenvalue weighted by Gasteiger charge is -2.24. The molecule has 0 unspecified atom stereocenters. The van der Waals surface area contributed by atoms with E-state index in [1.807, 2.05) is 13.8 Å². The summed E-state index contributed by atoms with van der Waals surface area (Å²) >= 11 is 0. The van der Waals surface area contributed by atoms with Gasteiger partial charge in [-0.05, 0) is 32.0 Å². The fourth-order valence-corrected chi connectivity index (χ4v) is 1.66. The van der Waals surface area contributed by atoms with E-state index in [-0.39, 0.29) is 19.3 Å². The van der Waals surface area contributed by atoms with Crippen molar-refractivity contribution in [2.45, 2.75) is 19.4 Å². The number of rotatable bonds is 4. The summed E-state index contributed by atoms with van der Waals surface area (Å²) in [5, 5.41) is 2.82. The second kappa shape index (κ2) is 4.83. The van der Waals surface area contributed by atoms with Crippen molar-refractivity contribution in [2.24, 2.45) is 5.90 Å². The third kappa shape index (κ3) is 2.72. The predicted molar refractivity (Wildman–Crippen MR) is 64.2 cm³/mol. The van der Waals surface area contributed by atoms with E-state index in [2.05, 4.69) is 10.2 Å². The first-order valence-electron chi connectivity index (χ1n) is 5.56. The Balaban J connectivity index is 2.10. The van der Waals surface area contributed by atoms with Gasteiger partial charge < -0.3 is 19.6 Å². The first-order chi connectivity index (χ1) is 8.52. The van der Waals surface area contributed by atoms with Crippen LogP contribution in [0.15, 0.2) is 18.2 Å². The molecule has 2 rings (SSSR count). The van der Waals surface area contributed by atoms with E-state index < -0.39 is 5.54 Å². The third-order valence-electron chi connectivity index (χ3n) is 2.53. The summed E-state index contributed by atoms with van der Waals surface area (Å²) in [6.45, 7) is 4.06. The fourth-order valence-electron chi connectivity index (χ4n) is 1.66. The molecule has 0 fully saturated rings. The topological polar surface area (TPSA) is 82.8 Å². The average Bonchev–Trinajstić information content (AvgIpc) is 2.74. The molecule has 3 N–H and O–H groups in total. The molecule has 6 nitrogen and oxygen atoms in total. The molecule has 0 radical (unpaired) electrons. The van der Waals surface area contributed by atoms with E-state index >= 15 is 0 Å². The Hall–Kier alpha value is -1.79. The summed E-state index contributed by atoms with van der Waals surface area (Å²) in [7, 11) is 0. The van der Waals surface area contributed by atoms with Gasteiger partial charge in [0.1, 0.15) is 0 Å². The highest BCUT2D eigenvalue weighted by atomic mass is 16.7. The van der Waals surface area contributed by atoms with Crippen LogP contribution in [-0.2, 0) is 4.84 Å². The Morgan fingerprint density at radius 1 is 1.44 bits per heavy atom. The SMILES string of the molecule is CC(C)(CON)NC(=O)c1ccc2c(c1)OCO2. The standard InChI is InChI=1S/C12H16N2O4/c1-12(2,6-18-13)14-11(15)8-3-4-9-10(5-8)17-7-16-9/h3-5H,6-7,13H2,1-2H3,(H,14,15). The summed E-state index contributed by atoms with van der Waals surface area (Å²) in [6, 6.07) is 5.04. The number of benzene rings is 1. The molecule has 1 amide bonds. The predicted octanol–water partition coefficient (Wildman–Crippen LogP) is 0.814. The fraction of sp³-hybridized carbons (Fsp3) is 0.417. The minimum Gasteiger partial charge on any atom is -0.454 e. The molecule has 0 atom stereocenters. The van der Waals surface area contributed by atoms with Crippen LogP contribution in [-0.4, -0.2) is 24.8 Å². The molecule has 0 saturated heterocycles. The van der Waals surface area contributed by atoms with E-state index in [0.29, 0.717) is 17.1 Å². The molecule has 0 aromatic heterocycles. The number of carbonyl (C=O) groups excluding carboxylic acids is 1. The zero-order valence-corrected chi connectivity index (χ0v) is 10.4.